The van der Waals surface area contributed by atoms with Gasteiger partial charge >= 0.3 is 0 Å². The molecule has 90 valence electrons. The second-order valence-corrected chi connectivity index (χ2v) is 4.75. The van der Waals surface area contributed by atoms with Gasteiger partial charge in [-0.1, -0.05) is 13.3 Å². The Bertz CT molecular complexity index is 334. The fourth-order valence-corrected chi connectivity index (χ4v) is 1.89. The van der Waals surface area contributed by atoms with Gasteiger partial charge in [-0.25, -0.2) is 15.8 Å². The summed E-state index contributed by atoms with van der Waals surface area (Å²) < 4.78 is 0. The Balaban J connectivity index is 2.40. The van der Waals surface area contributed by atoms with E-state index in [1.54, 1.807) is 11.3 Å². The molecule has 0 saturated carbocycles. The molecule has 0 bridgehead atoms. The van der Waals surface area contributed by atoms with E-state index in [-0.39, 0.29) is 0 Å². The minimum Gasteiger partial charge on any atom is -0.355 e. The summed E-state index contributed by atoms with van der Waals surface area (Å²) in [6.07, 6.45) is 4.11. The summed E-state index contributed by atoms with van der Waals surface area (Å²) in [5, 5.41) is 4.21. The van der Waals surface area contributed by atoms with Crippen LogP contribution in [0.3, 0.4) is 0 Å². The van der Waals surface area contributed by atoms with Crippen molar-refractivity contribution in [2.24, 2.45) is 10.8 Å². The summed E-state index contributed by atoms with van der Waals surface area (Å²) in [5.41, 5.74) is 2.56. The Hall–Kier alpha value is -1.14. The van der Waals surface area contributed by atoms with Crippen LogP contribution in [0.15, 0.2) is 11.2 Å². The van der Waals surface area contributed by atoms with Crippen LogP contribution in [-0.2, 0) is 6.54 Å². The number of guanidine groups is 1. The van der Waals surface area contributed by atoms with Crippen molar-refractivity contribution in [2.45, 2.75) is 33.2 Å². The van der Waals surface area contributed by atoms with Gasteiger partial charge in [-0.3, -0.25) is 5.43 Å². The number of aromatic nitrogens is 1. The molecule has 0 spiro atoms. The van der Waals surface area contributed by atoms with Gasteiger partial charge in [0.25, 0.3) is 0 Å². The zero-order valence-corrected chi connectivity index (χ0v) is 10.6. The average Bonchev–Trinajstić information content (AvgIpc) is 2.69. The van der Waals surface area contributed by atoms with Crippen LogP contribution in [0.4, 0.5) is 0 Å². The fourth-order valence-electron chi connectivity index (χ4n) is 1.17. The monoisotopic (exact) mass is 241 g/mol. The van der Waals surface area contributed by atoms with E-state index >= 15 is 0 Å². The second kappa shape index (κ2) is 7.19. The lowest BCUT2D eigenvalue weighted by Gasteiger charge is -2.07. The van der Waals surface area contributed by atoms with Crippen LogP contribution in [0.5, 0.6) is 0 Å². The standard InChI is InChI=1S/C10H19N5S/c1-3-4-5-12-10(15-11)14-7-9-6-13-8(2)16-9/h6H,3-5,7,11H2,1-2H3,(H2,12,14,15). The lowest BCUT2D eigenvalue weighted by atomic mass is 10.3. The quantitative estimate of drug-likeness (QED) is 0.238. The topological polar surface area (TPSA) is 75.3 Å². The van der Waals surface area contributed by atoms with E-state index in [4.69, 9.17) is 5.84 Å². The van der Waals surface area contributed by atoms with Crippen LogP contribution >= 0.6 is 11.3 Å². The van der Waals surface area contributed by atoms with Crippen LogP contribution in [0, 0.1) is 6.92 Å². The van der Waals surface area contributed by atoms with Crippen molar-refractivity contribution in [2.75, 3.05) is 6.54 Å². The lowest BCUT2D eigenvalue weighted by Crippen LogP contribution is -2.41. The Morgan fingerprint density at radius 1 is 1.62 bits per heavy atom. The summed E-state index contributed by atoms with van der Waals surface area (Å²) in [6.45, 7) is 5.64. The van der Waals surface area contributed by atoms with Gasteiger partial charge < -0.3 is 5.32 Å². The van der Waals surface area contributed by atoms with E-state index in [0.29, 0.717) is 12.5 Å². The molecule has 0 radical (unpaired) electrons. The first-order valence-electron chi connectivity index (χ1n) is 5.42. The Morgan fingerprint density at radius 3 is 3.00 bits per heavy atom. The molecule has 0 amide bonds. The largest absolute Gasteiger partial charge is 0.355 e. The Labute approximate surface area is 100 Å². The smallest absolute Gasteiger partial charge is 0.206 e. The number of aryl methyl sites for hydroxylation is 1. The SMILES string of the molecule is CCCCNC(=NCc1cnc(C)s1)NN. The maximum atomic E-state index is 5.37. The summed E-state index contributed by atoms with van der Waals surface area (Å²) in [5.74, 6) is 6.01. The van der Waals surface area contributed by atoms with Crippen LogP contribution < -0.4 is 16.6 Å². The zero-order chi connectivity index (χ0) is 11.8. The van der Waals surface area contributed by atoms with Crippen LogP contribution in [0.25, 0.3) is 0 Å². The second-order valence-electron chi connectivity index (χ2n) is 3.44. The first-order valence-corrected chi connectivity index (χ1v) is 6.24. The molecule has 5 nitrogen and oxygen atoms in total. The molecule has 0 aliphatic carbocycles. The van der Waals surface area contributed by atoms with Crippen molar-refractivity contribution in [3.05, 3.63) is 16.1 Å². The molecule has 4 N–H and O–H groups in total. The molecular weight excluding hydrogens is 222 g/mol. The average molecular weight is 241 g/mol. The minimum absolute atomic E-state index is 0.615. The first-order chi connectivity index (χ1) is 7.76. The normalized spacial score (nSPS) is 11.6. The summed E-state index contributed by atoms with van der Waals surface area (Å²) in [7, 11) is 0. The predicted octanol–water partition coefficient (Wildman–Crippen LogP) is 1.16. The molecule has 0 saturated heterocycles. The molecule has 1 aromatic heterocycles. The van der Waals surface area contributed by atoms with E-state index in [9.17, 15) is 0 Å². The number of hydrogen-bond donors (Lipinski definition) is 3. The molecular formula is C10H19N5S. The van der Waals surface area contributed by atoms with Gasteiger partial charge in [0.2, 0.25) is 5.96 Å². The van der Waals surface area contributed by atoms with Gasteiger partial charge in [0, 0.05) is 17.6 Å². The van der Waals surface area contributed by atoms with Crippen LogP contribution in [0.1, 0.15) is 29.7 Å². The fraction of sp³-hybridized carbons (Fsp3) is 0.600. The molecule has 1 rings (SSSR count). The van der Waals surface area contributed by atoms with Gasteiger partial charge in [-0.2, -0.15) is 0 Å². The molecule has 0 unspecified atom stereocenters. The number of nitrogens with two attached hydrogens (primary N) is 1. The Morgan fingerprint density at radius 2 is 2.44 bits per heavy atom. The molecule has 0 aliphatic heterocycles. The highest BCUT2D eigenvalue weighted by Crippen LogP contribution is 2.11. The van der Waals surface area contributed by atoms with Crippen molar-refractivity contribution in [1.82, 2.24) is 15.7 Å². The van der Waals surface area contributed by atoms with Gasteiger partial charge in [0.1, 0.15) is 0 Å². The summed E-state index contributed by atoms with van der Waals surface area (Å²) >= 11 is 1.65. The van der Waals surface area contributed by atoms with Crippen molar-refractivity contribution in [3.63, 3.8) is 0 Å². The van der Waals surface area contributed by atoms with E-state index < -0.39 is 0 Å². The molecule has 6 heteroatoms. The molecule has 1 aromatic rings. The van der Waals surface area contributed by atoms with Crippen molar-refractivity contribution < 1.29 is 0 Å². The summed E-state index contributed by atoms with van der Waals surface area (Å²) in [4.78, 5) is 9.65. The van der Waals surface area contributed by atoms with Crippen molar-refractivity contribution in [3.8, 4) is 0 Å². The molecule has 0 aromatic carbocycles. The highest BCUT2D eigenvalue weighted by molar-refractivity contribution is 7.11. The zero-order valence-electron chi connectivity index (χ0n) is 9.79. The number of nitrogens with one attached hydrogen (secondary N) is 2. The Kier molecular flexibility index (Phi) is 5.81. The number of thiazole rings is 1. The molecule has 0 atom stereocenters. The molecule has 0 fully saturated rings. The molecule has 0 aliphatic rings. The third-order valence-electron chi connectivity index (χ3n) is 2.02. The maximum Gasteiger partial charge on any atom is 0.206 e. The number of hydrogen-bond acceptors (Lipinski definition) is 4. The summed E-state index contributed by atoms with van der Waals surface area (Å²) in [6, 6.07) is 0. The highest BCUT2D eigenvalue weighted by atomic mass is 32.1. The number of hydrazine groups is 1. The van der Waals surface area contributed by atoms with E-state index in [0.717, 1.165) is 29.3 Å². The van der Waals surface area contributed by atoms with Gasteiger partial charge in [-0.05, 0) is 13.3 Å². The van der Waals surface area contributed by atoms with Crippen molar-refractivity contribution in [1.29, 1.82) is 0 Å². The number of nitrogens with zero attached hydrogens (tertiary/aromatic N) is 2. The number of rotatable bonds is 5. The van der Waals surface area contributed by atoms with Gasteiger partial charge in [0.05, 0.1) is 11.6 Å². The van der Waals surface area contributed by atoms with Crippen LogP contribution in [0.2, 0.25) is 0 Å². The van der Waals surface area contributed by atoms with Gasteiger partial charge in [0.15, 0.2) is 0 Å². The van der Waals surface area contributed by atoms with E-state index in [2.05, 4.69) is 27.6 Å². The lowest BCUT2D eigenvalue weighted by molar-refractivity contribution is 0.732. The van der Waals surface area contributed by atoms with Crippen LogP contribution in [-0.4, -0.2) is 17.5 Å². The van der Waals surface area contributed by atoms with Crippen molar-refractivity contribution >= 4 is 17.3 Å². The third kappa shape index (κ3) is 4.59. The van der Waals surface area contributed by atoms with E-state index in [1.165, 1.54) is 0 Å². The number of aliphatic imine (C=N–C) groups is 1. The first kappa shape index (κ1) is 12.9. The van der Waals surface area contributed by atoms with Gasteiger partial charge in [-0.15, -0.1) is 11.3 Å². The third-order valence-corrected chi connectivity index (χ3v) is 2.92. The minimum atomic E-state index is 0.615. The highest BCUT2D eigenvalue weighted by Gasteiger charge is 1.98. The predicted molar refractivity (Wildman–Crippen MR) is 68.2 cm³/mol. The van der Waals surface area contributed by atoms with E-state index in [1.807, 2.05) is 13.1 Å². The molecule has 16 heavy (non-hydrogen) atoms. The number of unbranched alkanes of at least 4 members (excludes halogenated alkanes) is 1. The molecule has 1 heterocycles. The maximum absolute atomic E-state index is 5.37.